The quantitative estimate of drug-likeness (QED) is 0.750. The summed E-state index contributed by atoms with van der Waals surface area (Å²) in [5.41, 5.74) is 5.67. The molecule has 1 heterocycles. The topological polar surface area (TPSA) is 84.5 Å². The van der Waals surface area contributed by atoms with Crippen molar-refractivity contribution in [1.29, 1.82) is 0 Å². The van der Waals surface area contributed by atoms with Crippen molar-refractivity contribution < 1.29 is 9.84 Å². The van der Waals surface area contributed by atoms with Crippen LogP contribution in [0.2, 0.25) is 0 Å². The maximum Gasteiger partial charge on any atom is 0.204 e. The molecule has 3 N–H and O–H groups in total. The van der Waals surface area contributed by atoms with Gasteiger partial charge in [0.1, 0.15) is 6.33 Å². The van der Waals surface area contributed by atoms with Crippen LogP contribution in [0.1, 0.15) is 13.3 Å². The number of hydrogen-bond acceptors (Lipinski definition) is 6. The summed E-state index contributed by atoms with van der Waals surface area (Å²) >= 11 is 0. The van der Waals surface area contributed by atoms with Crippen LogP contribution >= 0.6 is 0 Å². The van der Waals surface area contributed by atoms with Crippen LogP contribution in [0.15, 0.2) is 6.33 Å². The second-order valence-electron chi connectivity index (χ2n) is 3.68. The minimum Gasteiger partial charge on any atom is -0.490 e. The molecule has 1 unspecified atom stereocenters. The van der Waals surface area contributed by atoms with Gasteiger partial charge < -0.3 is 20.5 Å². The summed E-state index contributed by atoms with van der Waals surface area (Å²) in [6, 6.07) is 0. The first-order valence-corrected chi connectivity index (χ1v) is 5.10. The Morgan fingerprint density at radius 3 is 2.81 bits per heavy atom. The van der Waals surface area contributed by atoms with Crippen LogP contribution in [0.25, 0.3) is 0 Å². The third kappa shape index (κ3) is 2.96. The monoisotopic (exact) mass is 226 g/mol. The Balaban J connectivity index is 2.82. The molecule has 0 aliphatic rings. The maximum absolute atomic E-state index is 9.21. The third-order valence-corrected chi connectivity index (χ3v) is 2.26. The summed E-state index contributed by atoms with van der Waals surface area (Å²) in [5.74, 6) is 1.42. The van der Waals surface area contributed by atoms with E-state index in [-0.39, 0.29) is 6.10 Å². The van der Waals surface area contributed by atoms with Crippen molar-refractivity contribution in [2.24, 2.45) is 0 Å². The summed E-state index contributed by atoms with van der Waals surface area (Å²) in [5, 5.41) is 9.21. The molecule has 0 saturated heterocycles. The Bertz CT molecular complexity index is 344. The summed E-state index contributed by atoms with van der Waals surface area (Å²) in [6.45, 7) is 2.42. The van der Waals surface area contributed by atoms with E-state index in [1.165, 1.54) is 13.4 Å². The molecule has 0 spiro atoms. The number of ether oxygens (including phenoxy) is 1. The lowest BCUT2D eigenvalue weighted by Gasteiger charge is -2.21. The molecule has 90 valence electrons. The average molecular weight is 226 g/mol. The molecule has 0 aromatic carbocycles. The molecule has 0 amide bonds. The summed E-state index contributed by atoms with van der Waals surface area (Å²) in [4.78, 5) is 9.85. The summed E-state index contributed by atoms with van der Waals surface area (Å²) < 4.78 is 5.15. The molecule has 1 rings (SSSR count). The van der Waals surface area contributed by atoms with Crippen molar-refractivity contribution >= 4 is 11.6 Å². The van der Waals surface area contributed by atoms with Gasteiger partial charge in [-0.2, -0.15) is 0 Å². The van der Waals surface area contributed by atoms with E-state index in [0.29, 0.717) is 30.4 Å². The van der Waals surface area contributed by atoms with Gasteiger partial charge in [0.15, 0.2) is 11.6 Å². The van der Waals surface area contributed by atoms with E-state index in [9.17, 15) is 5.11 Å². The zero-order chi connectivity index (χ0) is 12.1. The highest BCUT2D eigenvalue weighted by atomic mass is 16.5. The lowest BCUT2D eigenvalue weighted by atomic mass is 10.3. The Hall–Kier alpha value is -1.56. The van der Waals surface area contributed by atoms with Gasteiger partial charge in [-0.05, 0) is 13.3 Å². The lowest BCUT2D eigenvalue weighted by molar-refractivity contribution is 0.186. The van der Waals surface area contributed by atoms with Crippen LogP contribution in [0, 0.1) is 0 Å². The summed E-state index contributed by atoms with van der Waals surface area (Å²) in [6.07, 6.45) is 1.71. The fourth-order valence-corrected chi connectivity index (χ4v) is 1.33. The number of aromatic nitrogens is 2. The van der Waals surface area contributed by atoms with Crippen LogP contribution < -0.4 is 15.4 Å². The van der Waals surface area contributed by atoms with Gasteiger partial charge in [0.05, 0.1) is 13.2 Å². The van der Waals surface area contributed by atoms with Gasteiger partial charge in [-0.25, -0.2) is 9.97 Å². The zero-order valence-electron chi connectivity index (χ0n) is 9.84. The second-order valence-corrected chi connectivity index (χ2v) is 3.68. The number of methoxy groups -OCH3 is 1. The highest BCUT2D eigenvalue weighted by Crippen LogP contribution is 2.28. The van der Waals surface area contributed by atoms with Crippen molar-refractivity contribution in [2.45, 2.75) is 19.4 Å². The molecule has 0 bridgehead atoms. The van der Waals surface area contributed by atoms with Crippen molar-refractivity contribution in [3.8, 4) is 5.75 Å². The number of nitrogens with two attached hydrogens (primary N) is 1. The largest absolute Gasteiger partial charge is 0.490 e. The number of nitrogens with zero attached hydrogens (tertiary/aromatic N) is 3. The Labute approximate surface area is 95.1 Å². The van der Waals surface area contributed by atoms with Crippen LogP contribution in [-0.2, 0) is 0 Å². The van der Waals surface area contributed by atoms with Gasteiger partial charge in [-0.3, -0.25) is 0 Å². The third-order valence-electron chi connectivity index (χ3n) is 2.26. The van der Waals surface area contributed by atoms with E-state index in [4.69, 9.17) is 10.5 Å². The zero-order valence-corrected chi connectivity index (χ0v) is 9.84. The molecule has 16 heavy (non-hydrogen) atoms. The fourth-order valence-electron chi connectivity index (χ4n) is 1.33. The molecule has 6 nitrogen and oxygen atoms in total. The van der Waals surface area contributed by atoms with Crippen molar-refractivity contribution in [1.82, 2.24) is 9.97 Å². The molecule has 1 aromatic rings. The number of aliphatic hydroxyl groups is 1. The molecule has 0 aliphatic carbocycles. The number of anilines is 2. The smallest absolute Gasteiger partial charge is 0.204 e. The van der Waals surface area contributed by atoms with Crippen LogP contribution in [0.4, 0.5) is 11.6 Å². The average Bonchev–Trinajstić information content (AvgIpc) is 2.25. The predicted molar refractivity (Wildman–Crippen MR) is 62.6 cm³/mol. The van der Waals surface area contributed by atoms with Gasteiger partial charge in [0.25, 0.3) is 0 Å². The van der Waals surface area contributed by atoms with Gasteiger partial charge in [-0.15, -0.1) is 0 Å². The van der Waals surface area contributed by atoms with E-state index < -0.39 is 0 Å². The first-order valence-electron chi connectivity index (χ1n) is 5.10. The number of rotatable bonds is 5. The van der Waals surface area contributed by atoms with E-state index in [1.54, 1.807) is 6.92 Å². The summed E-state index contributed by atoms with van der Waals surface area (Å²) in [7, 11) is 3.40. The minimum absolute atomic E-state index is 0.316. The van der Waals surface area contributed by atoms with Gasteiger partial charge in [-0.1, -0.05) is 0 Å². The van der Waals surface area contributed by atoms with Gasteiger partial charge in [0.2, 0.25) is 5.75 Å². The molecule has 1 atom stereocenters. The molecular formula is C10H18N4O2. The highest BCUT2D eigenvalue weighted by molar-refractivity contribution is 5.62. The molecule has 0 saturated carbocycles. The normalized spacial score (nSPS) is 12.2. The number of nitrogen functional groups attached to an aromatic ring is 1. The second kappa shape index (κ2) is 5.50. The Kier molecular flexibility index (Phi) is 4.30. The highest BCUT2D eigenvalue weighted by Gasteiger charge is 2.13. The molecular weight excluding hydrogens is 208 g/mol. The van der Waals surface area contributed by atoms with Crippen molar-refractivity contribution in [2.75, 3.05) is 31.3 Å². The molecule has 0 aliphatic heterocycles. The molecule has 0 fully saturated rings. The van der Waals surface area contributed by atoms with E-state index >= 15 is 0 Å². The minimum atomic E-state index is -0.340. The number of hydrogen-bond donors (Lipinski definition) is 2. The van der Waals surface area contributed by atoms with Gasteiger partial charge in [0, 0.05) is 13.6 Å². The van der Waals surface area contributed by atoms with Crippen LogP contribution in [0.5, 0.6) is 5.75 Å². The maximum atomic E-state index is 9.21. The van der Waals surface area contributed by atoms with Crippen LogP contribution in [-0.4, -0.2) is 41.9 Å². The van der Waals surface area contributed by atoms with E-state index in [2.05, 4.69) is 9.97 Å². The predicted octanol–water partition coefficient (Wildman–Crippen LogP) is 0.275. The van der Waals surface area contributed by atoms with E-state index in [0.717, 1.165) is 0 Å². The van der Waals surface area contributed by atoms with Crippen LogP contribution in [0.3, 0.4) is 0 Å². The molecule has 0 radical (unpaired) electrons. The Morgan fingerprint density at radius 2 is 2.25 bits per heavy atom. The SMILES string of the molecule is COc1c(N)ncnc1N(C)CCC(C)O. The molecule has 6 heteroatoms. The van der Waals surface area contributed by atoms with Crippen molar-refractivity contribution in [3.05, 3.63) is 6.33 Å². The van der Waals surface area contributed by atoms with Crippen molar-refractivity contribution in [3.63, 3.8) is 0 Å². The first-order chi connectivity index (χ1) is 7.56. The fraction of sp³-hybridized carbons (Fsp3) is 0.600. The first kappa shape index (κ1) is 12.5. The number of aliphatic hydroxyl groups excluding tert-OH is 1. The van der Waals surface area contributed by atoms with Gasteiger partial charge >= 0.3 is 0 Å². The van der Waals surface area contributed by atoms with E-state index in [1.807, 2.05) is 11.9 Å². The Morgan fingerprint density at radius 1 is 1.56 bits per heavy atom. The molecule has 1 aromatic heterocycles. The standard InChI is InChI=1S/C10H18N4O2/c1-7(15)4-5-14(2)10-8(16-3)9(11)12-6-13-10/h6-7,15H,4-5H2,1-3H3,(H2,11,12,13). The lowest BCUT2D eigenvalue weighted by Crippen LogP contribution is -2.23.